The van der Waals surface area contributed by atoms with Crippen molar-refractivity contribution in [3.8, 4) is 39.9 Å². The van der Waals surface area contributed by atoms with Crippen molar-refractivity contribution in [2.45, 2.75) is 38.9 Å². The molecule has 1 aliphatic heterocycles. The molecular formula is C39H33BN4O2. The van der Waals surface area contributed by atoms with Crippen LogP contribution in [0.2, 0.25) is 0 Å². The van der Waals surface area contributed by atoms with Crippen molar-refractivity contribution in [2.24, 2.45) is 0 Å². The highest BCUT2D eigenvalue weighted by molar-refractivity contribution is 6.62. The first kappa shape index (κ1) is 28.4. The maximum atomic E-state index is 6.31. The Morgan fingerprint density at radius 1 is 0.522 bits per heavy atom. The molecule has 5 aromatic carbocycles. The van der Waals surface area contributed by atoms with Crippen LogP contribution in [0.5, 0.6) is 0 Å². The fraction of sp³-hybridized carbons (Fsp3) is 0.154. The van der Waals surface area contributed by atoms with Gasteiger partial charge in [0.05, 0.1) is 22.2 Å². The maximum absolute atomic E-state index is 6.31. The summed E-state index contributed by atoms with van der Waals surface area (Å²) < 4.78 is 14.8. The molecule has 2 aromatic heterocycles. The highest BCUT2D eigenvalue weighted by Crippen LogP contribution is 2.39. The Morgan fingerprint density at radius 2 is 1.07 bits per heavy atom. The molecule has 0 atom stereocenters. The lowest BCUT2D eigenvalue weighted by molar-refractivity contribution is 0.00578. The van der Waals surface area contributed by atoms with Crippen molar-refractivity contribution in [1.82, 2.24) is 19.5 Å². The molecule has 0 saturated carbocycles. The second kappa shape index (κ2) is 10.8. The third-order valence-electron chi connectivity index (χ3n) is 9.33. The van der Waals surface area contributed by atoms with Crippen molar-refractivity contribution in [2.75, 3.05) is 0 Å². The van der Waals surface area contributed by atoms with E-state index in [1.54, 1.807) is 0 Å². The second-order valence-corrected chi connectivity index (χ2v) is 12.8. The molecule has 0 amide bonds. The first-order valence-electron chi connectivity index (χ1n) is 15.6. The molecule has 8 rings (SSSR count). The van der Waals surface area contributed by atoms with Crippen molar-refractivity contribution in [3.05, 3.63) is 127 Å². The molecule has 7 aromatic rings. The fourth-order valence-corrected chi connectivity index (χ4v) is 6.17. The molecule has 1 aliphatic rings. The van der Waals surface area contributed by atoms with Crippen LogP contribution >= 0.6 is 0 Å². The average Bonchev–Trinajstić information content (AvgIpc) is 3.54. The summed E-state index contributed by atoms with van der Waals surface area (Å²) in [5, 5.41) is 2.27. The van der Waals surface area contributed by atoms with Gasteiger partial charge in [0.2, 0.25) is 5.95 Å². The molecule has 1 saturated heterocycles. The van der Waals surface area contributed by atoms with E-state index in [1.807, 2.05) is 60.7 Å². The van der Waals surface area contributed by atoms with Crippen LogP contribution in [0.25, 0.3) is 61.7 Å². The third-order valence-corrected chi connectivity index (χ3v) is 9.33. The van der Waals surface area contributed by atoms with Crippen LogP contribution in [0.3, 0.4) is 0 Å². The molecule has 7 heteroatoms. The molecule has 6 nitrogen and oxygen atoms in total. The van der Waals surface area contributed by atoms with Crippen LogP contribution in [-0.2, 0) is 9.31 Å². The molecule has 0 bridgehead atoms. The lowest BCUT2D eigenvalue weighted by Crippen LogP contribution is -2.41. The number of para-hydroxylation sites is 1. The molecule has 0 unspecified atom stereocenters. The van der Waals surface area contributed by atoms with E-state index in [0.29, 0.717) is 17.6 Å². The largest absolute Gasteiger partial charge is 0.494 e. The molecule has 46 heavy (non-hydrogen) atoms. The fourth-order valence-electron chi connectivity index (χ4n) is 6.17. The van der Waals surface area contributed by atoms with E-state index in [1.165, 1.54) is 0 Å². The van der Waals surface area contributed by atoms with E-state index in [9.17, 15) is 0 Å². The Labute approximate surface area is 268 Å². The zero-order valence-electron chi connectivity index (χ0n) is 26.3. The molecule has 0 aliphatic carbocycles. The summed E-state index contributed by atoms with van der Waals surface area (Å²) in [7, 11) is -0.404. The summed E-state index contributed by atoms with van der Waals surface area (Å²) in [5.41, 5.74) is 6.40. The molecular weight excluding hydrogens is 567 g/mol. The van der Waals surface area contributed by atoms with Crippen LogP contribution in [-0.4, -0.2) is 37.8 Å². The van der Waals surface area contributed by atoms with Gasteiger partial charge in [-0.2, -0.15) is 9.97 Å². The Bertz CT molecular complexity index is 2140. The van der Waals surface area contributed by atoms with E-state index in [4.69, 9.17) is 24.3 Å². The summed E-state index contributed by atoms with van der Waals surface area (Å²) in [6.45, 7) is 8.32. The van der Waals surface area contributed by atoms with Gasteiger partial charge in [-0.15, -0.1) is 0 Å². The zero-order chi connectivity index (χ0) is 31.5. The highest BCUT2D eigenvalue weighted by atomic mass is 16.7. The Balaban J connectivity index is 1.30. The SMILES string of the molecule is CC1(C)OB(c2ccc(-c3cccc4c3c3ccccc3n4-c3nc(-c4ccccc4)nc(-c4ccccc4)n3)cc2)OC1(C)C. The first-order valence-corrected chi connectivity index (χ1v) is 15.6. The monoisotopic (exact) mass is 600 g/mol. The van der Waals surface area contributed by atoms with Crippen molar-refractivity contribution >= 4 is 34.4 Å². The Hall–Kier alpha value is -5.11. The summed E-state index contributed by atoms with van der Waals surface area (Å²) in [5.74, 6) is 1.84. The average molecular weight is 601 g/mol. The van der Waals surface area contributed by atoms with E-state index < -0.39 is 7.12 Å². The van der Waals surface area contributed by atoms with Crippen molar-refractivity contribution in [3.63, 3.8) is 0 Å². The second-order valence-electron chi connectivity index (χ2n) is 12.8. The zero-order valence-corrected chi connectivity index (χ0v) is 26.3. The van der Waals surface area contributed by atoms with Crippen molar-refractivity contribution in [1.29, 1.82) is 0 Å². The summed E-state index contributed by atoms with van der Waals surface area (Å²) >= 11 is 0. The predicted octanol–water partition coefficient (Wildman–Crippen LogP) is 8.27. The Morgan fingerprint density at radius 3 is 1.67 bits per heavy atom. The van der Waals surface area contributed by atoms with Gasteiger partial charge in [-0.05, 0) is 56.4 Å². The minimum atomic E-state index is -0.404. The van der Waals surface area contributed by atoms with E-state index in [-0.39, 0.29) is 11.2 Å². The summed E-state index contributed by atoms with van der Waals surface area (Å²) in [6.07, 6.45) is 0. The summed E-state index contributed by atoms with van der Waals surface area (Å²) in [6, 6.07) is 43.6. The van der Waals surface area contributed by atoms with Gasteiger partial charge in [0.25, 0.3) is 0 Å². The number of fused-ring (bicyclic) bond motifs is 3. The van der Waals surface area contributed by atoms with Crippen LogP contribution in [0.4, 0.5) is 0 Å². The number of benzene rings is 5. The normalized spacial score (nSPS) is 15.5. The van der Waals surface area contributed by atoms with Gasteiger partial charge in [-0.1, -0.05) is 115 Å². The molecule has 0 spiro atoms. The third kappa shape index (κ3) is 4.71. The number of hydrogen-bond donors (Lipinski definition) is 0. The molecule has 0 N–H and O–H groups in total. The van der Waals surface area contributed by atoms with Gasteiger partial charge in [0, 0.05) is 21.9 Å². The standard InChI is InChI=1S/C39H33BN4O2/c1-38(2)39(3,4)46-40(45-38)29-24-22-26(23-25-29)30-19-13-21-33-34(30)31-18-11-12-20-32(31)44(33)37-42-35(27-14-7-5-8-15-27)41-36(43-37)28-16-9-6-10-17-28/h5-25H,1-4H3. The first-order chi connectivity index (χ1) is 22.3. The smallest absolute Gasteiger partial charge is 0.399 e. The van der Waals surface area contributed by atoms with Crippen molar-refractivity contribution < 1.29 is 9.31 Å². The van der Waals surface area contributed by atoms with Crippen LogP contribution < -0.4 is 5.46 Å². The van der Waals surface area contributed by atoms with Gasteiger partial charge >= 0.3 is 7.12 Å². The molecule has 224 valence electrons. The van der Waals surface area contributed by atoms with Crippen LogP contribution in [0.1, 0.15) is 27.7 Å². The topological polar surface area (TPSA) is 62.1 Å². The van der Waals surface area contributed by atoms with E-state index in [0.717, 1.165) is 49.5 Å². The van der Waals surface area contributed by atoms with Crippen LogP contribution in [0, 0.1) is 0 Å². The molecule has 3 heterocycles. The van der Waals surface area contributed by atoms with Crippen LogP contribution in [0.15, 0.2) is 127 Å². The summed E-state index contributed by atoms with van der Waals surface area (Å²) in [4.78, 5) is 15.0. The maximum Gasteiger partial charge on any atom is 0.494 e. The quantitative estimate of drug-likeness (QED) is 0.186. The number of rotatable bonds is 5. The lowest BCUT2D eigenvalue weighted by atomic mass is 9.78. The van der Waals surface area contributed by atoms with E-state index in [2.05, 4.69) is 99.0 Å². The molecule has 0 radical (unpaired) electrons. The van der Waals surface area contributed by atoms with Gasteiger partial charge in [0.15, 0.2) is 11.6 Å². The van der Waals surface area contributed by atoms with Gasteiger partial charge < -0.3 is 9.31 Å². The minimum absolute atomic E-state index is 0.389. The highest BCUT2D eigenvalue weighted by Gasteiger charge is 2.51. The number of hydrogen-bond acceptors (Lipinski definition) is 5. The molecule has 1 fully saturated rings. The van der Waals surface area contributed by atoms with Gasteiger partial charge in [-0.3, -0.25) is 4.57 Å². The lowest BCUT2D eigenvalue weighted by Gasteiger charge is -2.32. The van der Waals surface area contributed by atoms with E-state index >= 15 is 0 Å². The Kier molecular flexibility index (Phi) is 6.64. The van der Waals surface area contributed by atoms with Gasteiger partial charge in [0.1, 0.15) is 0 Å². The predicted molar refractivity (Wildman–Crippen MR) is 186 cm³/mol. The minimum Gasteiger partial charge on any atom is -0.399 e. The number of nitrogens with zero attached hydrogens (tertiary/aromatic N) is 4. The van der Waals surface area contributed by atoms with Gasteiger partial charge in [-0.25, -0.2) is 4.98 Å². The number of aromatic nitrogens is 4.